The number of benzene rings is 2. The number of allylic oxidation sites excluding steroid dienone is 9. The molecule has 1 fully saturated rings. The summed E-state index contributed by atoms with van der Waals surface area (Å²) >= 11 is 0. The van der Waals surface area contributed by atoms with E-state index in [-0.39, 0.29) is 0 Å². The smallest absolute Gasteiger partial charge is 0.169 e. The number of pyridine rings is 2. The first-order valence-corrected chi connectivity index (χ1v) is 19.2. The summed E-state index contributed by atoms with van der Waals surface area (Å²) in [7, 11) is 3.93. The highest BCUT2D eigenvalue weighted by Gasteiger charge is 2.35. The summed E-state index contributed by atoms with van der Waals surface area (Å²) in [5.41, 5.74) is 11.3. The summed E-state index contributed by atoms with van der Waals surface area (Å²) in [5.74, 6) is 3.51. The van der Waals surface area contributed by atoms with Gasteiger partial charge in [0.05, 0.1) is 11.5 Å². The van der Waals surface area contributed by atoms with Gasteiger partial charge in [-0.25, -0.2) is 9.13 Å². The van der Waals surface area contributed by atoms with E-state index in [2.05, 4.69) is 143 Å². The average molecular weight is 637 g/mol. The first-order chi connectivity index (χ1) is 22.8. The van der Waals surface area contributed by atoms with Crippen LogP contribution in [-0.4, -0.2) is 11.5 Å². The van der Waals surface area contributed by atoms with Crippen molar-refractivity contribution < 1.29 is 9.13 Å². The highest BCUT2D eigenvalue weighted by atomic mass is 33.1. The maximum absolute atomic E-state index is 2.44. The molecule has 0 spiro atoms. The molecule has 0 saturated heterocycles. The van der Waals surface area contributed by atoms with Gasteiger partial charge in [0.2, 0.25) is 0 Å². The molecule has 0 aliphatic heterocycles. The van der Waals surface area contributed by atoms with Crippen molar-refractivity contribution in [1.29, 1.82) is 0 Å². The van der Waals surface area contributed by atoms with Crippen molar-refractivity contribution in [2.75, 3.05) is 11.5 Å². The Hall–Kier alpha value is -3.86. The van der Waals surface area contributed by atoms with Crippen molar-refractivity contribution in [3.05, 3.63) is 160 Å². The Morgan fingerprint density at radius 2 is 1.39 bits per heavy atom. The van der Waals surface area contributed by atoms with Crippen molar-refractivity contribution in [3.8, 4) is 0 Å². The van der Waals surface area contributed by atoms with Gasteiger partial charge in [0.25, 0.3) is 0 Å². The lowest BCUT2D eigenvalue weighted by Crippen LogP contribution is -2.34. The molecular weight excluding hydrogens is 597 g/mol. The monoisotopic (exact) mass is 636 g/mol. The molecule has 2 heterocycles. The fourth-order valence-electron chi connectivity index (χ4n) is 7.53. The van der Waals surface area contributed by atoms with Crippen LogP contribution in [0, 0.1) is 11.8 Å². The molecule has 4 aliphatic carbocycles. The first-order valence-electron chi connectivity index (χ1n) is 16.7. The molecule has 0 N–H and O–H groups in total. The first kappa shape index (κ1) is 29.5. The van der Waals surface area contributed by atoms with E-state index in [0.29, 0.717) is 11.8 Å². The Balaban J connectivity index is 0.772. The predicted octanol–water partition coefficient (Wildman–Crippen LogP) is 9.17. The minimum atomic E-state index is 0.618. The molecule has 4 aliphatic rings. The van der Waals surface area contributed by atoms with Crippen LogP contribution in [0.3, 0.4) is 0 Å². The third kappa shape index (κ3) is 6.26. The second-order valence-electron chi connectivity index (χ2n) is 12.8. The van der Waals surface area contributed by atoms with E-state index >= 15 is 0 Å². The Morgan fingerprint density at radius 3 is 2.13 bits per heavy atom. The molecule has 2 unspecified atom stereocenters. The van der Waals surface area contributed by atoms with Crippen molar-refractivity contribution in [2.45, 2.75) is 38.8 Å². The highest BCUT2D eigenvalue weighted by Crippen LogP contribution is 2.47. The largest absolute Gasteiger partial charge is 0.204 e. The molecule has 2 nitrogen and oxygen atoms in total. The molecule has 228 valence electrons. The van der Waals surface area contributed by atoms with Crippen molar-refractivity contribution in [3.63, 3.8) is 0 Å². The quantitative estimate of drug-likeness (QED) is 0.0921. The van der Waals surface area contributed by atoms with Crippen LogP contribution in [0.25, 0.3) is 29.0 Å². The van der Waals surface area contributed by atoms with E-state index < -0.39 is 0 Å². The van der Waals surface area contributed by atoms with Gasteiger partial charge in [-0.3, -0.25) is 0 Å². The molecule has 8 rings (SSSR count). The summed E-state index contributed by atoms with van der Waals surface area (Å²) in [6.07, 6.45) is 34.5. The molecule has 4 heteroatoms. The zero-order valence-corrected chi connectivity index (χ0v) is 27.9. The van der Waals surface area contributed by atoms with Crippen LogP contribution in [0.5, 0.6) is 0 Å². The van der Waals surface area contributed by atoms with Gasteiger partial charge in [-0.2, -0.15) is 0 Å². The molecule has 46 heavy (non-hydrogen) atoms. The van der Waals surface area contributed by atoms with Crippen LogP contribution >= 0.6 is 21.6 Å². The summed E-state index contributed by atoms with van der Waals surface area (Å²) in [6.45, 7) is 2.04. The molecule has 1 saturated carbocycles. The normalized spacial score (nSPS) is 19.6. The topological polar surface area (TPSA) is 7.76 Å². The molecular formula is C42H40N2S2+2. The van der Waals surface area contributed by atoms with Crippen LogP contribution in [0.2, 0.25) is 0 Å². The molecule has 4 aromatic rings. The zero-order valence-electron chi connectivity index (χ0n) is 26.2. The summed E-state index contributed by atoms with van der Waals surface area (Å²) in [6, 6.07) is 20.3. The van der Waals surface area contributed by atoms with Gasteiger partial charge in [-0.15, -0.1) is 0 Å². The van der Waals surface area contributed by atoms with Crippen molar-refractivity contribution >= 4 is 50.6 Å². The molecule has 2 aromatic carbocycles. The number of nitrogens with zero attached hydrogens (tertiary/aromatic N) is 2. The van der Waals surface area contributed by atoms with E-state index in [1.807, 2.05) is 21.6 Å². The van der Waals surface area contributed by atoms with Gasteiger partial charge in [0, 0.05) is 30.2 Å². The lowest BCUT2D eigenvalue weighted by Gasteiger charge is -2.27. The molecule has 0 radical (unpaired) electrons. The number of hydrogen-bond donors (Lipinski definition) is 0. The second kappa shape index (κ2) is 13.5. The Labute approximate surface area is 281 Å². The van der Waals surface area contributed by atoms with Gasteiger partial charge in [-0.05, 0) is 81.3 Å². The number of aromatic nitrogens is 2. The lowest BCUT2D eigenvalue weighted by atomic mass is 9.77. The van der Waals surface area contributed by atoms with Gasteiger partial charge in [-0.1, -0.05) is 112 Å². The SMILES string of the molecule is C1=CC2=C(C=Cc3cc[n+](CCSSCC[n+]4ccc(C=Cc5ccc6c7c(cccc57)CC6)cc4)cc3)C=CC3CCC(=C1)C23. The lowest BCUT2D eigenvalue weighted by molar-refractivity contribution is -0.692. The van der Waals surface area contributed by atoms with Gasteiger partial charge >= 0.3 is 0 Å². The van der Waals surface area contributed by atoms with E-state index in [9.17, 15) is 0 Å². The van der Waals surface area contributed by atoms with Crippen LogP contribution in [0.1, 0.15) is 40.7 Å². The minimum Gasteiger partial charge on any atom is -0.204 e. The summed E-state index contributed by atoms with van der Waals surface area (Å²) < 4.78 is 4.58. The Morgan fingerprint density at radius 1 is 0.696 bits per heavy atom. The van der Waals surface area contributed by atoms with Crippen LogP contribution in [-0.2, 0) is 25.9 Å². The molecule has 2 aromatic heterocycles. The van der Waals surface area contributed by atoms with Crippen LogP contribution in [0.15, 0.2) is 133 Å². The number of aryl methyl sites for hydroxylation is 4. The fraction of sp³-hybridized carbons (Fsp3) is 0.238. The third-order valence-corrected chi connectivity index (χ3v) is 12.3. The van der Waals surface area contributed by atoms with E-state index in [1.54, 1.807) is 5.57 Å². The standard InChI is InChI=1S/C42H40N2S2/c1-3-35-15-17-37-13-11-33(39(5-1)41(35)37)9-7-31-19-23-43(24-20-31)27-29-45-46-30-28-44-25-21-32(22-26-44)8-10-34-12-14-38-18-16-36-4-2-6-40(34)42(36)38/h1-14,19-26,37,41H,15-18,27-30H2/q+2. The highest BCUT2D eigenvalue weighted by molar-refractivity contribution is 8.76. The molecule has 0 bridgehead atoms. The third-order valence-electron chi connectivity index (χ3n) is 9.98. The maximum Gasteiger partial charge on any atom is 0.169 e. The Kier molecular flexibility index (Phi) is 8.65. The summed E-state index contributed by atoms with van der Waals surface area (Å²) in [4.78, 5) is 0. The average Bonchev–Trinajstić information content (AvgIpc) is 3.73. The van der Waals surface area contributed by atoms with Gasteiger partial charge in [0.15, 0.2) is 37.9 Å². The number of rotatable bonds is 11. The van der Waals surface area contributed by atoms with Gasteiger partial charge < -0.3 is 0 Å². The predicted molar refractivity (Wildman–Crippen MR) is 197 cm³/mol. The summed E-state index contributed by atoms with van der Waals surface area (Å²) in [5, 5.41) is 2.87. The maximum atomic E-state index is 2.44. The molecule has 2 atom stereocenters. The molecule has 0 amide bonds. The number of hydrogen-bond acceptors (Lipinski definition) is 2. The van der Waals surface area contributed by atoms with E-state index in [1.165, 1.54) is 75.4 Å². The zero-order chi connectivity index (χ0) is 30.7. The van der Waals surface area contributed by atoms with Crippen LogP contribution < -0.4 is 9.13 Å². The minimum absolute atomic E-state index is 0.618. The van der Waals surface area contributed by atoms with E-state index in [4.69, 9.17) is 0 Å². The fourth-order valence-corrected chi connectivity index (χ4v) is 9.49. The Bertz CT molecular complexity index is 1930. The van der Waals surface area contributed by atoms with Crippen molar-refractivity contribution in [2.24, 2.45) is 11.8 Å². The van der Waals surface area contributed by atoms with E-state index in [0.717, 1.165) is 24.6 Å². The van der Waals surface area contributed by atoms with Crippen LogP contribution in [0.4, 0.5) is 0 Å². The van der Waals surface area contributed by atoms with Crippen molar-refractivity contribution in [1.82, 2.24) is 0 Å². The second-order valence-corrected chi connectivity index (χ2v) is 15.5. The van der Waals surface area contributed by atoms with Gasteiger partial charge in [0.1, 0.15) is 0 Å².